The van der Waals surface area contributed by atoms with Gasteiger partial charge in [-0.25, -0.2) is 9.97 Å². The Morgan fingerprint density at radius 1 is 1.09 bits per heavy atom. The smallest absolute Gasteiger partial charge is 0.197 e. The molecule has 4 heterocycles. The summed E-state index contributed by atoms with van der Waals surface area (Å²) >= 11 is 3.10. The fourth-order valence-corrected chi connectivity index (χ4v) is 3.74. The quantitative estimate of drug-likeness (QED) is 0.539. The van der Waals surface area contributed by atoms with Gasteiger partial charge in [-0.15, -0.1) is 21.5 Å². The molecule has 4 aromatic heterocycles. The van der Waals surface area contributed by atoms with E-state index in [1.165, 1.54) is 11.8 Å². The minimum Gasteiger partial charge on any atom is -0.305 e. The molecule has 0 aromatic carbocycles. The molecule has 0 saturated carbocycles. The fraction of sp³-hybridized carbons (Fsp3) is 0.0714. The van der Waals surface area contributed by atoms with Crippen LogP contribution in [0.5, 0.6) is 0 Å². The summed E-state index contributed by atoms with van der Waals surface area (Å²) in [5, 5.41) is 13.3. The van der Waals surface area contributed by atoms with Crippen molar-refractivity contribution in [2.45, 2.75) is 10.2 Å². The zero-order valence-corrected chi connectivity index (χ0v) is 13.2. The van der Waals surface area contributed by atoms with E-state index < -0.39 is 0 Å². The van der Waals surface area contributed by atoms with Gasteiger partial charge in [0.1, 0.15) is 16.2 Å². The lowest BCUT2D eigenvalue weighted by molar-refractivity contribution is 0.792. The largest absolute Gasteiger partial charge is 0.305 e. The van der Waals surface area contributed by atoms with Crippen LogP contribution in [0, 0.1) is 0 Å². The molecular weight excluding hydrogens is 316 g/mol. The summed E-state index contributed by atoms with van der Waals surface area (Å²) in [5.41, 5.74) is 0.986. The Hall–Kier alpha value is -2.32. The second-order valence-electron chi connectivity index (χ2n) is 4.52. The number of thiophene rings is 1. The zero-order chi connectivity index (χ0) is 14.9. The van der Waals surface area contributed by atoms with Crippen LogP contribution in [-0.2, 0) is 7.05 Å². The molecule has 4 aromatic rings. The van der Waals surface area contributed by atoms with Crippen molar-refractivity contribution in [1.82, 2.24) is 29.7 Å². The Kier molecular flexibility index (Phi) is 3.32. The van der Waals surface area contributed by atoms with Gasteiger partial charge in [-0.05, 0) is 35.3 Å². The number of rotatable bonds is 3. The topological polar surface area (TPSA) is 69.4 Å². The Bertz CT molecular complexity index is 931. The van der Waals surface area contributed by atoms with Gasteiger partial charge in [-0.2, -0.15) is 0 Å². The molecule has 6 nitrogen and oxygen atoms in total. The molecule has 108 valence electrons. The number of pyridine rings is 1. The van der Waals surface area contributed by atoms with E-state index in [2.05, 4.69) is 25.1 Å². The zero-order valence-electron chi connectivity index (χ0n) is 11.5. The van der Waals surface area contributed by atoms with Crippen molar-refractivity contribution in [3.8, 4) is 11.4 Å². The van der Waals surface area contributed by atoms with Crippen molar-refractivity contribution in [2.24, 2.45) is 7.05 Å². The normalized spacial score (nSPS) is 11.1. The minimum atomic E-state index is 0.790. The third-order valence-electron chi connectivity index (χ3n) is 3.19. The molecule has 0 aliphatic carbocycles. The van der Waals surface area contributed by atoms with Gasteiger partial charge >= 0.3 is 0 Å². The molecule has 0 atom stereocenters. The van der Waals surface area contributed by atoms with Gasteiger partial charge in [-0.3, -0.25) is 4.98 Å². The van der Waals surface area contributed by atoms with Gasteiger partial charge in [0, 0.05) is 30.4 Å². The van der Waals surface area contributed by atoms with Crippen LogP contribution >= 0.6 is 23.1 Å². The Balaban J connectivity index is 1.73. The predicted octanol–water partition coefficient (Wildman–Crippen LogP) is 3.03. The van der Waals surface area contributed by atoms with Crippen LogP contribution in [0.1, 0.15) is 0 Å². The van der Waals surface area contributed by atoms with Crippen LogP contribution < -0.4 is 0 Å². The highest BCUT2D eigenvalue weighted by Gasteiger charge is 2.14. The molecule has 0 unspecified atom stereocenters. The maximum atomic E-state index is 4.36. The molecule has 4 rings (SSSR count). The van der Waals surface area contributed by atoms with Crippen molar-refractivity contribution in [1.29, 1.82) is 0 Å². The standard InChI is InChI=1S/C14H10N6S2/c1-20-11(9-2-5-15-6-3-9)18-19-14(20)22-13-10-4-7-21-12(10)16-8-17-13/h2-8H,1H3. The number of aromatic nitrogens is 6. The number of nitrogens with zero attached hydrogens (tertiary/aromatic N) is 6. The van der Waals surface area contributed by atoms with Crippen LogP contribution in [0.15, 0.2) is 52.5 Å². The maximum Gasteiger partial charge on any atom is 0.197 e. The van der Waals surface area contributed by atoms with Crippen LogP contribution in [0.3, 0.4) is 0 Å². The Morgan fingerprint density at radius 2 is 1.95 bits per heavy atom. The second-order valence-corrected chi connectivity index (χ2v) is 6.37. The predicted molar refractivity (Wildman–Crippen MR) is 85.8 cm³/mol. The highest BCUT2D eigenvalue weighted by atomic mass is 32.2. The van der Waals surface area contributed by atoms with Crippen molar-refractivity contribution in [2.75, 3.05) is 0 Å². The molecule has 0 radical (unpaired) electrons. The lowest BCUT2D eigenvalue weighted by Gasteiger charge is -2.03. The molecule has 0 N–H and O–H groups in total. The summed E-state index contributed by atoms with van der Waals surface area (Å²) in [5.74, 6) is 0.806. The van der Waals surface area contributed by atoms with E-state index >= 15 is 0 Å². The van der Waals surface area contributed by atoms with Crippen molar-refractivity contribution in [3.63, 3.8) is 0 Å². The summed E-state index contributed by atoms with van der Waals surface area (Å²) < 4.78 is 1.96. The van der Waals surface area contributed by atoms with E-state index in [0.717, 1.165) is 31.8 Å². The van der Waals surface area contributed by atoms with Crippen LogP contribution in [0.25, 0.3) is 21.6 Å². The molecule has 0 saturated heterocycles. The Morgan fingerprint density at radius 3 is 2.82 bits per heavy atom. The van der Waals surface area contributed by atoms with Gasteiger partial charge in [0.15, 0.2) is 11.0 Å². The van der Waals surface area contributed by atoms with Crippen molar-refractivity contribution < 1.29 is 0 Å². The first-order valence-electron chi connectivity index (χ1n) is 6.49. The highest BCUT2D eigenvalue weighted by molar-refractivity contribution is 7.99. The fourth-order valence-electron chi connectivity index (χ4n) is 2.09. The van der Waals surface area contributed by atoms with E-state index in [0.29, 0.717) is 0 Å². The Labute approximate surface area is 134 Å². The van der Waals surface area contributed by atoms with Crippen LogP contribution in [-0.4, -0.2) is 29.7 Å². The summed E-state index contributed by atoms with van der Waals surface area (Å²) in [4.78, 5) is 13.6. The van der Waals surface area contributed by atoms with Gasteiger partial charge in [-0.1, -0.05) is 0 Å². The van der Waals surface area contributed by atoms with E-state index in [1.807, 2.05) is 35.2 Å². The molecule has 0 spiro atoms. The van der Waals surface area contributed by atoms with Crippen molar-refractivity contribution >= 4 is 33.3 Å². The summed E-state index contributed by atoms with van der Waals surface area (Å²) in [6.45, 7) is 0. The van der Waals surface area contributed by atoms with Gasteiger partial charge < -0.3 is 4.57 Å². The highest BCUT2D eigenvalue weighted by Crippen LogP contribution is 2.32. The van der Waals surface area contributed by atoms with E-state index in [1.54, 1.807) is 30.1 Å². The first-order valence-corrected chi connectivity index (χ1v) is 8.18. The summed E-state index contributed by atoms with van der Waals surface area (Å²) in [6, 6.07) is 5.86. The van der Waals surface area contributed by atoms with Gasteiger partial charge in [0.25, 0.3) is 0 Å². The van der Waals surface area contributed by atoms with E-state index in [4.69, 9.17) is 0 Å². The van der Waals surface area contributed by atoms with Crippen molar-refractivity contribution in [3.05, 3.63) is 42.3 Å². The molecule has 8 heteroatoms. The van der Waals surface area contributed by atoms with Crippen LogP contribution in [0.2, 0.25) is 0 Å². The number of hydrogen-bond donors (Lipinski definition) is 0. The second kappa shape index (κ2) is 5.47. The van der Waals surface area contributed by atoms with E-state index in [9.17, 15) is 0 Å². The monoisotopic (exact) mass is 326 g/mol. The van der Waals surface area contributed by atoms with Gasteiger partial charge in [0.05, 0.1) is 0 Å². The van der Waals surface area contributed by atoms with E-state index in [-0.39, 0.29) is 0 Å². The SMILES string of the molecule is Cn1c(Sc2ncnc3sccc23)nnc1-c1ccncc1. The summed E-state index contributed by atoms with van der Waals surface area (Å²) in [7, 11) is 1.95. The average molecular weight is 326 g/mol. The average Bonchev–Trinajstić information content (AvgIpc) is 3.16. The maximum absolute atomic E-state index is 4.36. The van der Waals surface area contributed by atoms with Gasteiger partial charge in [0.2, 0.25) is 0 Å². The first-order chi connectivity index (χ1) is 10.8. The molecular formula is C14H10N6S2. The molecule has 0 bridgehead atoms. The molecule has 0 amide bonds. The third kappa shape index (κ3) is 2.26. The lowest BCUT2D eigenvalue weighted by atomic mass is 10.2. The molecule has 0 aliphatic heterocycles. The minimum absolute atomic E-state index is 0.790. The number of fused-ring (bicyclic) bond motifs is 1. The molecule has 0 aliphatic rings. The third-order valence-corrected chi connectivity index (χ3v) is 5.06. The summed E-state index contributed by atoms with van der Waals surface area (Å²) in [6.07, 6.45) is 5.08. The lowest BCUT2D eigenvalue weighted by Crippen LogP contribution is -1.95. The van der Waals surface area contributed by atoms with Crippen LogP contribution in [0.4, 0.5) is 0 Å². The molecule has 22 heavy (non-hydrogen) atoms. The first kappa shape index (κ1) is 13.4. The molecule has 0 fully saturated rings. The number of hydrogen-bond acceptors (Lipinski definition) is 7.